The van der Waals surface area contributed by atoms with E-state index in [1.807, 2.05) is 0 Å². The summed E-state index contributed by atoms with van der Waals surface area (Å²) in [6.45, 7) is 11.9. The van der Waals surface area contributed by atoms with Gasteiger partial charge in [-0.05, 0) is 26.8 Å². The van der Waals surface area contributed by atoms with Gasteiger partial charge in [0.1, 0.15) is 5.82 Å². The maximum absolute atomic E-state index is 4.59. The van der Waals surface area contributed by atoms with E-state index in [0.29, 0.717) is 12.1 Å². The molecule has 17 heavy (non-hydrogen) atoms. The molecule has 1 aromatic rings. The van der Waals surface area contributed by atoms with Crippen LogP contribution in [0.4, 0.5) is 0 Å². The summed E-state index contributed by atoms with van der Waals surface area (Å²) in [4.78, 5) is 4.55. The van der Waals surface area contributed by atoms with Crippen LogP contribution in [0.25, 0.3) is 0 Å². The van der Waals surface area contributed by atoms with E-state index in [0.717, 1.165) is 37.5 Å². The van der Waals surface area contributed by atoms with Crippen LogP contribution in [-0.4, -0.2) is 27.4 Å². The molecule has 0 aliphatic rings. The zero-order valence-corrected chi connectivity index (χ0v) is 11.8. The van der Waals surface area contributed by atoms with E-state index in [2.05, 4.69) is 54.7 Å². The van der Waals surface area contributed by atoms with E-state index in [1.165, 1.54) is 0 Å². The molecule has 1 N–H and O–H groups in total. The molecule has 0 saturated carbocycles. The molecule has 4 heteroatoms. The van der Waals surface area contributed by atoms with Gasteiger partial charge in [-0.25, -0.2) is 9.67 Å². The highest BCUT2D eigenvalue weighted by molar-refractivity contribution is 4.94. The third-order valence-electron chi connectivity index (χ3n) is 3.04. The standard InChI is InChI=1S/C13H26N4/c1-6-12-15-13(7-2)17(16-12)11(5)9-10(4)14-8-3/h10-11,14H,6-9H2,1-5H3. The summed E-state index contributed by atoms with van der Waals surface area (Å²) in [7, 11) is 0. The van der Waals surface area contributed by atoms with Crippen LogP contribution >= 0.6 is 0 Å². The zero-order valence-electron chi connectivity index (χ0n) is 11.8. The SMILES string of the molecule is CCNC(C)CC(C)n1nc(CC)nc1CC. The maximum atomic E-state index is 4.59. The molecule has 0 bridgehead atoms. The summed E-state index contributed by atoms with van der Waals surface area (Å²) in [6, 6.07) is 0.931. The molecule has 0 amide bonds. The second kappa shape index (κ2) is 6.74. The fourth-order valence-corrected chi connectivity index (χ4v) is 2.19. The minimum absolute atomic E-state index is 0.409. The number of nitrogens with one attached hydrogen (secondary N) is 1. The molecule has 98 valence electrons. The van der Waals surface area contributed by atoms with Gasteiger partial charge in [-0.2, -0.15) is 5.10 Å². The lowest BCUT2D eigenvalue weighted by molar-refractivity contribution is 0.383. The number of nitrogens with zero attached hydrogens (tertiary/aromatic N) is 3. The zero-order chi connectivity index (χ0) is 12.8. The smallest absolute Gasteiger partial charge is 0.150 e. The fraction of sp³-hybridized carbons (Fsp3) is 0.846. The normalized spacial score (nSPS) is 14.9. The molecular formula is C13H26N4. The first-order chi connectivity index (χ1) is 8.12. The Kier molecular flexibility index (Phi) is 5.62. The molecule has 1 rings (SSSR count). The molecule has 0 fully saturated rings. The first-order valence-corrected chi connectivity index (χ1v) is 6.79. The van der Waals surface area contributed by atoms with Crippen molar-refractivity contribution in [2.75, 3.05) is 6.54 Å². The molecular weight excluding hydrogens is 212 g/mol. The summed E-state index contributed by atoms with van der Waals surface area (Å²) in [5.41, 5.74) is 0. The first kappa shape index (κ1) is 14.2. The second-order valence-electron chi connectivity index (χ2n) is 4.64. The van der Waals surface area contributed by atoms with E-state index in [4.69, 9.17) is 0 Å². The van der Waals surface area contributed by atoms with Gasteiger partial charge in [-0.3, -0.25) is 0 Å². The van der Waals surface area contributed by atoms with Gasteiger partial charge in [0.05, 0.1) is 6.04 Å². The Bertz CT molecular complexity index is 332. The molecule has 0 aliphatic heterocycles. The van der Waals surface area contributed by atoms with Crippen molar-refractivity contribution in [2.45, 2.75) is 66.0 Å². The minimum Gasteiger partial charge on any atom is -0.314 e. The van der Waals surface area contributed by atoms with Crippen molar-refractivity contribution in [1.29, 1.82) is 0 Å². The molecule has 2 unspecified atom stereocenters. The monoisotopic (exact) mass is 238 g/mol. The van der Waals surface area contributed by atoms with E-state index >= 15 is 0 Å². The lowest BCUT2D eigenvalue weighted by Gasteiger charge is -2.19. The van der Waals surface area contributed by atoms with Crippen LogP contribution in [0.2, 0.25) is 0 Å². The molecule has 2 atom stereocenters. The average Bonchev–Trinajstić information content (AvgIpc) is 2.72. The van der Waals surface area contributed by atoms with Crippen LogP contribution in [0.15, 0.2) is 0 Å². The second-order valence-corrected chi connectivity index (χ2v) is 4.64. The average molecular weight is 238 g/mol. The Morgan fingerprint density at radius 1 is 1.18 bits per heavy atom. The van der Waals surface area contributed by atoms with Gasteiger partial charge in [0, 0.05) is 18.9 Å². The van der Waals surface area contributed by atoms with Gasteiger partial charge in [0.15, 0.2) is 5.82 Å². The van der Waals surface area contributed by atoms with Crippen LogP contribution in [0.5, 0.6) is 0 Å². The highest BCUT2D eigenvalue weighted by Gasteiger charge is 2.15. The first-order valence-electron chi connectivity index (χ1n) is 6.79. The summed E-state index contributed by atoms with van der Waals surface area (Å²) in [6.07, 6.45) is 2.95. The van der Waals surface area contributed by atoms with Crippen molar-refractivity contribution in [1.82, 2.24) is 20.1 Å². The van der Waals surface area contributed by atoms with E-state index in [9.17, 15) is 0 Å². The summed E-state index contributed by atoms with van der Waals surface area (Å²) < 4.78 is 2.10. The quantitative estimate of drug-likeness (QED) is 0.793. The topological polar surface area (TPSA) is 42.7 Å². The molecule has 0 spiro atoms. The van der Waals surface area contributed by atoms with Crippen molar-refractivity contribution in [2.24, 2.45) is 0 Å². The molecule has 1 aromatic heterocycles. The third-order valence-corrected chi connectivity index (χ3v) is 3.04. The van der Waals surface area contributed by atoms with Crippen molar-refractivity contribution >= 4 is 0 Å². The minimum atomic E-state index is 0.409. The Morgan fingerprint density at radius 2 is 1.88 bits per heavy atom. The number of aryl methyl sites for hydroxylation is 2. The van der Waals surface area contributed by atoms with E-state index in [1.54, 1.807) is 0 Å². The number of aromatic nitrogens is 3. The molecule has 1 heterocycles. The Morgan fingerprint density at radius 3 is 2.41 bits per heavy atom. The van der Waals surface area contributed by atoms with Crippen LogP contribution in [0, 0.1) is 0 Å². The Labute approximate surface area is 105 Å². The van der Waals surface area contributed by atoms with Gasteiger partial charge < -0.3 is 5.32 Å². The van der Waals surface area contributed by atoms with Crippen molar-refractivity contribution < 1.29 is 0 Å². The molecule has 4 nitrogen and oxygen atoms in total. The van der Waals surface area contributed by atoms with Crippen molar-refractivity contribution in [3.63, 3.8) is 0 Å². The number of hydrogen-bond acceptors (Lipinski definition) is 3. The van der Waals surface area contributed by atoms with Crippen LogP contribution in [0.1, 0.15) is 58.7 Å². The van der Waals surface area contributed by atoms with Crippen LogP contribution in [-0.2, 0) is 12.8 Å². The maximum Gasteiger partial charge on any atom is 0.150 e. The van der Waals surface area contributed by atoms with Gasteiger partial charge >= 0.3 is 0 Å². The highest BCUT2D eigenvalue weighted by atomic mass is 15.4. The van der Waals surface area contributed by atoms with Gasteiger partial charge in [0.25, 0.3) is 0 Å². The summed E-state index contributed by atoms with van der Waals surface area (Å²) in [5.74, 6) is 2.07. The summed E-state index contributed by atoms with van der Waals surface area (Å²) in [5, 5.41) is 8.03. The van der Waals surface area contributed by atoms with Gasteiger partial charge in [0.2, 0.25) is 0 Å². The third kappa shape index (κ3) is 3.80. The summed E-state index contributed by atoms with van der Waals surface area (Å²) >= 11 is 0. The fourth-order valence-electron chi connectivity index (χ4n) is 2.19. The van der Waals surface area contributed by atoms with Crippen LogP contribution in [0.3, 0.4) is 0 Å². The molecule has 0 radical (unpaired) electrons. The lowest BCUT2D eigenvalue weighted by atomic mass is 10.1. The molecule has 0 aliphatic carbocycles. The van der Waals surface area contributed by atoms with E-state index in [-0.39, 0.29) is 0 Å². The van der Waals surface area contributed by atoms with Gasteiger partial charge in [-0.15, -0.1) is 0 Å². The number of hydrogen-bond donors (Lipinski definition) is 1. The van der Waals surface area contributed by atoms with Crippen molar-refractivity contribution in [3.8, 4) is 0 Å². The predicted molar refractivity (Wildman–Crippen MR) is 71.2 cm³/mol. The molecule has 0 saturated heterocycles. The lowest BCUT2D eigenvalue weighted by Crippen LogP contribution is -2.28. The molecule has 0 aromatic carbocycles. The van der Waals surface area contributed by atoms with Crippen molar-refractivity contribution in [3.05, 3.63) is 11.6 Å². The predicted octanol–water partition coefficient (Wildman–Crippen LogP) is 2.35. The van der Waals surface area contributed by atoms with Gasteiger partial charge in [-0.1, -0.05) is 20.8 Å². The Balaban J connectivity index is 2.73. The highest BCUT2D eigenvalue weighted by Crippen LogP contribution is 2.15. The Hall–Kier alpha value is -0.900. The largest absolute Gasteiger partial charge is 0.314 e. The van der Waals surface area contributed by atoms with E-state index < -0.39 is 0 Å². The number of rotatable bonds is 7. The van der Waals surface area contributed by atoms with Crippen LogP contribution < -0.4 is 5.32 Å².